The van der Waals surface area contributed by atoms with Gasteiger partial charge in [-0.3, -0.25) is 0 Å². The molecule has 70 valence electrons. The van der Waals surface area contributed by atoms with E-state index in [1.165, 1.54) is 12.8 Å². The Morgan fingerprint density at radius 2 is 2.08 bits per heavy atom. The first-order valence-corrected chi connectivity index (χ1v) is 5.02. The average molecular weight is 178 g/mol. The predicted octanol–water partition coefficient (Wildman–Crippen LogP) is 3.73. The van der Waals surface area contributed by atoms with Crippen molar-refractivity contribution >= 4 is 0 Å². The van der Waals surface area contributed by atoms with E-state index >= 15 is 0 Å². The first-order valence-electron chi connectivity index (χ1n) is 5.02. The number of benzene rings is 1. The smallest absolute Gasteiger partial charge is 0.126 e. The van der Waals surface area contributed by atoms with Crippen LogP contribution in [-0.4, -0.2) is 0 Å². The van der Waals surface area contributed by atoms with Crippen molar-refractivity contribution in [2.24, 2.45) is 5.92 Å². The summed E-state index contributed by atoms with van der Waals surface area (Å²) in [7, 11) is 0. The lowest BCUT2D eigenvalue weighted by Gasteiger charge is -2.11. The Hall–Kier alpha value is -0.850. The van der Waals surface area contributed by atoms with E-state index in [9.17, 15) is 4.39 Å². The molecule has 1 aliphatic carbocycles. The predicted molar refractivity (Wildman–Crippen MR) is 52.2 cm³/mol. The molecule has 0 nitrogen and oxygen atoms in total. The van der Waals surface area contributed by atoms with E-state index in [1.54, 1.807) is 12.1 Å². The third kappa shape index (κ3) is 2.09. The molecule has 0 bridgehead atoms. The molecule has 1 fully saturated rings. The van der Waals surface area contributed by atoms with Gasteiger partial charge in [-0.05, 0) is 29.9 Å². The van der Waals surface area contributed by atoms with Crippen molar-refractivity contribution < 1.29 is 4.39 Å². The molecule has 1 heteroatoms. The van der Waals surface area contributed by atoms with Gasteiger partial charge in [0.25, 0.3) is 0 Å². The molecular weight excluding hydrogens is 163 g/mol. The summed E-state index contributed by atoms with van der Waals surface area (Å²) < 4.78 is 13.3. The highest BCUT2D eigenvalue weighted by Crippen LogP contribution is 2.38. The molecule has 1 unspecified atom stereocenters. The van der Waals surface area contributed by atoms with E-state index in [0.717, 1.165) is 17.9 Å². The number of rotatable bonds is 3. The van der Waals surface area contributed by atoms with Gasteiger partial charge < -0.3 is 0 Å². The quantitative estimate of drug-likeness (QED) is 0.661. The van der Waals surface area contributed by atoms with E-state index in [4.69, 9.17) is 0 Å². The first-order chi connectivity index (χ1) is 6.27. The molecule has 0 saturated heterocycles. The topological polar surface area (TPSA) is 0 Å². The normalized spacial score (nSPS) is 18.6. The van der Waals surface area contributed by atoms with Crippen LogP contribution in [0.4, 0.5) is 4.39 Å². The summed E-state index contributed by atoms with van der Waals surface area (Å²) in [4.78, 5) is 0. The minimum Gasteiger partial charge on any atom is -0.207 e. The number of halogens is 1. The highest BCUT2D eigenvalue weighted by Gasteiger charge is 2.24. The van der Waals surface area contributed by atoms with Gasteiger partial charge in [0.2, 0.25) is 0 Å². The Morgan fingerprint density at radius 1 is 1.38 bits per heavy atom. The van der Waals surface area contributed by atoms with Gasteiger partial charge in [0.05, 0.1) is 0 Å². The summed E-state index contributed by atoms with van der Waals surface area (Å²) >= 11 is 0. The molecule has 13 heavy (non-hydrogen) atoms. The van der Waals surface area contributed by atoms with Crippen molar-refractivity contribution in [3.8, 4) is 0 Å². The van der Waals surface area contributed by atoms with Crippen LogP contribution in [0.15, 0.2) is 24.3 Å². The lowest BCUT2D eigenvalue weighted by atomic mass is 9.95. The maximum Gasteiger partial charge on any atom is 0.126 e. The fraction of sp³-hybridized carbons (Fsp3) is 0.500. The molecule has 0 aromatic heterocycles. The van der Waals surface area contributed by atoms with E-state index < -0.39 is 0 Å². The second kappa shape index (κ2) is 3.49. The maximum atomic E-state index is 13.3. The molecule has 0 N–H and O–H groups in total. The van der Waals surface area contributed by atoms with Gasteiger partial charge in [-0.1, -0.05) is 38.0 Å². The van der Waals surface area contributed by atoms with E-state index in [0.29, 0.717) is 5.92 Å². The van der Waals surface area contributed by atoms with Crippen molar-refractivity contribution in [3.05, 3.63) is 35.6 Å². The van der Waals surface area contributed by atoms with Crippen LogP contribution < -0.4 is 0 Å². The fourth-order valence-electron chi connectivity index (χ4n) is 1.86. The molecule has 0 heterocycles. The monoisotopic (exact) mass is 178 g/mol. The Kier molecular flexibility index (Phi) is 2.34. The van der Waals surface area contributed by atoms with Gasteiger partial charge in [-0.2, -0.15) is 0 Å². The second-order valence-corrected chi connectivity index (χ2v) is 4.10. The SMILES string of the molecule is CC(CC1CC1)c1ccccc1F. The van der Waals surface area contributed by atoms with Crippen molar-refractivity contribution in [3.63, 3.8) is 0 Å². The van der Waals surface area contributed by atoms with Gasteiger partial charge in [0.1, 0.15) is 5.82 Å². The van der Waals surface area contributed by atoms with Crippen LogP contribution in [0.5, 0.6) is 0 Å². The zero-order chi connectivity index (χ0) is 9.26. The van der Waals surface area contributed by atoms with Crippen LogP contribution in [-0.2, 0) is 0 Å². The molecule has 1 saturated carbocycles. The fourth-order valence-corrected chi connectivity index (χ4v) is 1.86. The van der Waals surface area contributed by atoms with E-state index in [-0.39, 0.29) is 5.82 Å². The molecule has 0 radical (unpaired) electrons. The molecule has 0 amide bonds. The van der Waals surface area contributed by atoms with Gasteiger partial charge in [0, 0.05) is 0 Å². The standard InChI is InChI=1S/C12H15F/c1-9(8-10-6-7-10)11-4-2-3-5-12(11)13/h2-5,9-10H,6-8H2,1H3. The summed E-state index contributed by atoms with van der Waals surface area (Å²) in [5.74, 6) is 1.21. The Labute approximate surface area is 78.8 Å². The van der Waals surface area contributed by atoms with Crippen LogP contribution in [0.25, 0.3) is 0 Å². The van der Waals surface area contributed by atoms with Crippen LogP contribution in [0.1, 0.15) is 37.7 Å². The molecule has 1 aromatic carbocycles. The van der Waals surface area contributed by atoms with Gasteiger partial charge in [-0.25, -0.2) is 4.39 Å². The van der Waals surface area contributed by atoms with Crippen molar-refractivity contribution in [1.29, 1.82) is 0 Å². The third-order valence-corrected chi connectivity index (χ3v) is 2.82. The number of hydrogen-bond donors (Lipinski definition) is 0. The Bertz CT molecular complexity index is 289. The molecule has 0 aliphatic heterocycles. The lowest BCUT2D eigenvalue weighted by molar-refractivity contribution is 0.555. The summed E-state index contributed by atoms with van der Waals surface area (Å²) in [5, 5.41) is 0. The second-order valence-electron chi connectivity index (χ2n) is 4.10. The molecule has 1 aromatic rings. The van der Waals surface area contributed by atoms with Crippen LogP contribution in [0.2, 0.25) is 0 Å². The molecule has 0 spiro atoms. The zero-order valence-electron chi connectivity index (χ0n) is 7.96. The first kappa shape index (κ1) is 8.74. The summed E-state index contributed by atoms with van der Waals surface area (Å²) in [6.45, 7) is 2.12. The highest BCUT2D eigenvalue weighted by atomic mass is 19.1. The van der Waals surface area contributed by atoms with Gasteiger partial charge in [0.15, 0.2) is 0 Å². The molecule has 1 aliphatic rings. The Morgan fingerprint density at radius 3 is 2.69 bits per heavy atom. The summed E-state index contributed by atoms with van der Waals surface area (Å²) in [6.07, 6.45) is 3.85. The third-order valence-electron chi connectivity index (χ3n) is 2.82. The highest BCUT2D eigenvalue weighted by molar-refractivity contribution is 5.21. The number of hydrogen-bond acceptors (Lipinski definition) is 0. The minimum atomic E-state index is -0.0457. The van der Waals surface area contributed by atoms with Crippen molar-refractivity contribution in [1.82, 2.24) is 0 Å². The Balaban J connectivity index is 2.09. The van der Waals surface area contributed by atoms with Gasteiger partial charge in [-0.15, -0.1) is 0 Å². The van der Waals surface area contributed by atoms with Crippen LogP contribution in [0, 0.1) is 11.7 Å². The van der Waals surface area contributed by atoms with Gasteiger partial charge >= 0.3 is 0 Å². The maximum absolute atomic E-state index is 13.3. The van der Waals surface area contributed by atoms with Crippen LogP contribution in [0.3, 0.4) is 0 Å². The van der Waals surface area contributed by atoms with E-state index in [1.807, 2.05) is 12.1 Å². The molecule has 1 atom stereocenters. The summed E-state index contributed by atoms with van der Waals surface area (Å²) in [5.41, 5.74) is 0.884. The van der Waals surface area contributed by atoms with E-state index in [2.05, 4.69) is 6.92 Å². The largest absolute Gasteiger partial charge is 0.207 e. The average Bonchev–Trinajstić information content (AvgIpc) is 2.89. The zero-order valence-corrected chi connectivity index (χ0v) is 7.96. The molecular formula is C12H15F. The van der Waals surface area contributed by atoms with Crippen LogP contribution >= 0.6 is 0 Å². The molecule has 2 rings (SSSR count). The minimum absolute atomic E-state index is 0.0457. The lowest BCUT2D eigenvalue weighted by Crippen LogP contribution is -1.97. The summed E-state index contributed by atoms with van der Waals surface area (Å²) in [6, 6.07) is 7.13. The van der Waals surface area contributed by atoms with Crippen molar-refractivity contribution in [2.75, 3.05) is 0 Å². The van der Waals surface area contributed by atoms with Crippen molar-refractivity contribution in [2.45, 2.75) is 32.1 Å².